The molecule has 0 saturated heterocycles. The van der Waals surface area contributed by atoms with Crippen molar-refractivity contribution >= 4 is 16.7 Å². The molecular formula is C20H19N3O2. The Kier molecular flexibility index (Phi) is 4.06. The second kappa shape index (κ2) is 6.51. The Morgan fingerprint density at radius 2 is 1.96 bits per heavy atom. The van der Waals surface area contributed by atoms with E-state index in [0.29, 0.717) is 18.5 Å². The molecule has 1 atom stereocenters. The number of amides is 1. The van der Waals surface area contributed by atoms with Gasteiger partial charge in [0.25, 0.3) is 5.56 Å². The normalized spacial score (nSPS) is 15.9. The van der Waals surface area contributed by atoms with Crippen molar-refractivity contribution in [2.45, 2.75) is 25.3 Å². The van der Waals surface area contributed by atoms with Gasteiger partial charge in [0.1, 0.15) is 0 Å². The number of carbonyl (C=O) groups excluding carboxylic acids is 1. The maximum absolute atomic E-state index is 12.5. The van der Waals surface area contributed by atoms with Crippen LogP contribution < -0.4 is 10.9 Å². The van der Waals surface area contributed by atoms with E-state index in [1.165, 1.54) is 10.2 Å². The first-order valence-electron chi connectivity index (χ1n) is 8.54. The first kappa shape index (κ1) is 15.6. The van der Waals surface area contributed by atoms with E-state index in [1.807, 2.05) is 36.4 Å². The van der Waals surface area contributed by atoms with Gasteiger partial charge in [-0.2, -0.15) is 5.10 Å². The molecule has 5 heteroatoms. The lowest BCUT2D eigenvalue weighted by Gasteiger charge is -2.13. The van der Waals surface area contributed by atoms with Gasteiger partial charge in [-0.15, -0.1) is 0 Å². The van der Waals surface area contributed by atoms with Crippen LogP contribution >= 0.6 is 0 Å². The van der Waals surface area contributed by atoms with Gasteiger partial charge in [-0.05, 0) is 30.0 Å². The van der Waals surface area contributed by atoms with Crippen molar-refractivity contribution in [3.8, 4) is 0 Å². The highest BCUT2D eigenvalue weighted by Crippen LogP contribution is 2.32. The van der Waals surface area contributed by atoms with Crippen molar-refractivity contribution in [2.75, 3.05) is 6.54 Å². The second-order valence-electron chi connectivity index (χ2n) is 6.34. The molecule has 0 saturated carbocycles. The summed E-state index contributed by atoms with van der Waals surface area (Å²) in [4.78, 5) is 24.9. The van der Waals surface area contributed by atoms with Gasteiger partial charge in [0.05, 0.1) is 24.0 Å². The zero-order valence-electron chi connectivity index (χ0n) is 13.8. The van der Waals surface area contributed by atoms with Crippen LogP contribution in [0, 0.1) is 0 Å². The van der Waals surface area contributed by atoms with E-state index in [-0.39, 0.29) is 17.4 Å². The quantitative estimate of drug-likeness (QED) is 0.796. The Morgan fingerprint density at radius 1 is 1.16 bits per heavy atom. The number of rotatable bonds is 4. The molecule has 1 aliphatic carbocycles. The fourth-order valence-corrected chi connectivity index (χ4v) is 3.52. The zero-order chi connectivity index (χ0) is 17.2. The molecule has 1 amide bonds. The lowest BCUT2D eigenvalue weighted by Crippen LogP contribution is -2.34. The summed E-state index contributed by atoms with van der Waals surface area (Å²) in [7, 11) is 0. The fourth-order valence-electron chi connectivity index (χ4n) is 3.52. The molecule has 1 aromatic heterocycles. The van der Waals surface area contributed by atoms with E-state index in [2.05, 4.69) is 16.5 Å². The highest BCUT2D eigenvalue weighted by Gasteiger charge is 2.27. The third-order valence-corrected chi connectivity index (χ3v) is 4.83. The lowest BCUT2D eigenvalue weighted by molar-refractivity contribution is -0.122. The van der Waals surface area contributed by atoms with Crippen LogP contribution in [0.1, 0.15) is 23.5 Å². The van der Waals surface area contributed by atoms with Gasteiger partial charge in [0.2, 0.25) is 5.91 Å². The number of hydrogen-bond donors (Lipinski definition) is 1. The van der Waals surface area contributed by atoms with Crippen LogP contribution in [0.4, 0.5) is 0 Å². The minimum absolute atomic E-state index is 0.0267. The average molecular weight is 333 g/mol. The van der Waals surface area contributed by atoms with Gasteiger partial charge in [-0.3, -0.25) is 9.59 Å². The number of nitrogens with one attached hydrogen (secondary N) is 1. The van der Waals surface area contributed by atoms with Gasteiger partial charge in [0.15, 0.2) is 0 Å². The SMILES string of the molecule is O=C(NCCn1ncc2ccccc2c1=O)C1CCc2ccccc21. The van der Waals surface area contributed by atoms with Crippen LogP contribution in [0.3, 0.4) is 0 Å². The van der Waals surface area contributed by atoms with Crippen LogP contribution in [0.15, 0.2) is 59.5 Å². The fraction of sp³-hybridized carbons (Fsp3) is 0.250. The van der Waals surface area contributed by atoms with E-state index in [4.69, 9.17) is 0 Å². The van der Waals surface area contributed by atoms with E-state index >= 15 is 0 Å². The largest absolute Gasteiger partial charge is 0.354 e. The summed E-state index contributed by atoms with van der Waals surface area (Å²) in [5, 5.41) is 8.62. The molecule has 0 aliphatic heterocycles. The molecule has 4 rings (SSSR count). The molecule has 1 aliphatic rings. The summed E-state index contributed by atoms with van der Waals surface area (Å²) in [6.45, 7) is 0.756. The number of fused-ring (bicyclic) bond motifs is 2. The van der Waals surface area contributed by atoms with Crippen LogP contribution in [-0.4, -0.2) is 22.2 Å². The zero-order valence-corrected chi connectivity index (χ0v) is 13.8. The average Bonchev–Trinajstić information content (AvgIpc) is 3.08. The van der Waals surface area contributed by atoms with Gasteiger partial charge < -0.3 is 5.32 Å². The minimum Gasteiger partial charge on any atom is -0.354 e. The number of carbonyl (C=O) groups is 1. The van der Waals surface area contributed by atoms with Crippen molar-refractivity contribution in [1.29, 1.82) is 0 Å². The number of benzene rings is 2. The van der Waals surface area contributed by atoms with Crippen molar-refractivity contribution in [3.05, 3.63) is 76.2 Å². The highest BCUT2D eigenvalue weighted by molar-refractivity contribution is 5.85. The smallest absolute Gasteiger partial charge is 0.274 e. The van der Waals surface area contributed by atoms with Crippen LogP contribution in [-0.2, 0) is 17.8 Å². The molecule has 0 spiro atoms. The predicted octanol–water partition coefficient (Wildman–Crippen LogP) is 2.24. The Balaban J connectivity index is 1.42. The molecule has 0 bridgehead atoms. The molecule has 126 valence electrons. The summed E-state index contributed by atoms with van der Waals surface area (Å²) in [6.07, 6.45) is 3.48. The first-order chi connectivity index (χ1) is 12.2. The van der Waals surface area contributed by atoms with Gasteiger partial charge >= 0.3 is 0 Å². The van der Waals surface area contributed by atoms with E-state index in [1.54, 1.807) is 12.3 Å². The number of hydrogen-bond acceptors (Lipinski definition) is 3. The molecule has 2 aromatic carbocycles. The summed E-state index contributed by atoms with van der Waals surface area (Å²) < 4.78 is 1.41. The molecule has 0 fully saturated rings. The summed E-state index contributed by atoms with van der Waals surface area (Å²) in [5.74, 6) is -0.0590. The van der Waals surface area contributed by atoms with Crippen molar-refractivity contribution in [2.24, 2.45) is 0 Å². The number of aryl methyl sites for hydroxylation is 1. The maximum Gasteiger partial charge on any atom is 0.274 e. The van der Waals surface area contributed by atoms with Crippen molar-refractivity contribution in [1.82, 2.24) is 15.1 Å². The topological polar surface area (TPSA) is 64.0 Å². The lowest BCUT2D eigenvalue weighted by atomic mass is 10.0. The highest BCUT2D eigenvalue weighted by atomic mass is 16.2. The maximum atomic E-state index is 12.5. The first-order valence-corrected chi connectivity index (χ1v) is 8.54. The minimum atomic E-state index is -0.126. The Morgan fingerprint density at radius 3 is 2.88 bits per heavy atom. The summed E-state index contributed by atoms with van der Waals surface area (Å²) >= 11 is 0. The molecule has 0 radical (unpaired) electrons. The Hall–Kier alpha value is -2.95. The second-order valence-corrected chi connectivity index (χ2v) is 6.34. The van der Waals surface area contributed by atoms with Gasteiger partial charge in [-0.25, -0.2) is 4.68 Å². The molecule has 3 aromatic rings. The third-order valence-electron chi connectivity index (χ3n) is 4.83. The van der Waals surface area contributed by atoms with Crippen LogP contribution in [0.25, 0.3) is 10.8 Å². The summed E-state index contributed by atoms with van der Waals surface area (Å²) in [5.41, 5.74) is 2.26. The van der Waals surface area contributed by atoms with E-state index in [0.717, 1.165) is 23.8 Å². The predicted molar refractivity (Wildman–Crippen MR) is 96.5 cm³/mol. The number of aromatic nitrogens is 2. The van der Waals surface area contributed by atoms with E-state index in [9.17, 15) is 9.59 Å². The van der Waals surface area contributed by atoms with Crippen molar-refractivity contribution in [3.63, 3.8) is 0 Å². The van der Waals surface area contributed by atoms with Crippen LogP contribution in [0.5, 0.6) is 0 Å². The standard InChI is InChI=1S/C20H19N3O2/c24-19(18-10-9-14-5-1-3-7-16(14)18)21-11-12-23-20(25)17-8-4-2-6-15(17)13-22-23/h1-8,13,18H,9-12H2,(H,21,24). The number of nitrogens with zero attached hydrogens (tertiary/aromatic N) is 2. The molecule has 1 heterocycles. The van der Waals surface area contributed by atoms with E-state index < -0.39 is 0 Å². The van der Waals surface area contributed by atoms with Crippen molar-refractivity contribution < 1.29 is 4.79 Å². The molecule has 1 N–H and O–H groups in total. The molecule has 1 unspecified atom stereocenters. The summed E-state index contributed by atoms with van der Waals surface area (Å²) in [6, 6.07) is 15.5. The van der Waals surface area contributed by atoms with Gasteiger partial charge in [0, 0.05) is 11.9 Å². The third kappa shape index (κ3) is 2.93. The molecule has 5 nitrogen and oxygen atoms in total. The van der Waals surface area contributed by atoms with Crippen LogP contribution in [0.2, 0.25) is 0 Å². The van der Waals surface area contributed by atoms with Gasteiger partial charge in [-0.1, -0.05) is 42.5 Å². The monoisotopic (exact) mass is 333 g/mol. The Labute approximate surface area is 145 Å². The molecule has 25 heavy (non-hydrogen) atoms. The Bertz CT molecular complexity index is 993. The molecular weight excluding hydrogens is 314 g/mol.